The van der Waals surface area contributed by atoms with Crippen molar-refractivity contribution >= 4 is 17.7 Å². The van der Waals surface area contributed by atoms with Crippen LogP contribution >= 0.6 is 0 Å². The molecular formula is C35H47N3O5. The van der Waals surface area contributed by atoms with E-state index in [1.807, 2.05) is 71.4 Å². The third-order valence-corrected chi connectivity index (χ3v) is 10.6. The summed E-state index contributed by atoms with van der Waals surface area (Å²) in [5.41, 5.74) is -1.12. The van der Waals surface area contributed by atoms with E-state index >= 15 is 0 Å². The minimum Gasteiger partial charge on any atom is -0.396 e. The van der Waals surface area contributed by atoms with Crippen molar-refractivity contribution in [2.75, 3.05) is 26.2 Å². The molecule has 8 heteroatoms. The number of carbonyl (C=O) groups is 3. The van der Waals surface area contributed by atoms with Gasteiger partial charge in [-0.25, -0.2) is 0 Å². The summed E-state index contributed by atoms with van der Waals surface area (Å²) in [6, 6.07) is 9.32. The minimum absolute atomic E-state index is 0.0385. The molecule has 1 saturated carbocycles. The lowest BCUT2D eigenvalue weighted by Crippen LogP contribution is -2.57. The lowest BCUT2D eigenvalue weighted by atomic mass is 9.73. The van der Waals surface area contributed by atoms with Gasteiger partial charge in [0, 0.05) is 38.8 Å². The highest BCUT2D eigenvalue weighted by Gasteiger charge is 2.75. The van der Waals surface area contributed by atoms with E-state index in [4.69, 9.17) is 4.74 Å². The van der Waals surface area contributed by atoms with Crippen LogP contribution in [0.2, 0.25) is 0 Å². The molecule has 3 fully saturated rings. The molecule has 0 radical (unpaired) electrons. The van der Waals surface area contributed by atoms with Crippen molar-refractivity contribution < 1.29 is 24.2 Å². The highest BCUT2D eigenvalue weighted by atomic mass is 16.5. The van der Waals surface area contributed by atoms with Crippen LogP contribution in [0.1, 0.15) is 76.7 Å². The third-order valence-electron chi connectivity index (χ3n) is 10.6. The molecule has 1 aromatic carbocycles. The van der Waals surface area contributed by atoms with E-state index in [2.05, 4.69) is 0 Å². The second kappa shape index (κ2) is 12.6. The van der Waals surface area contributed by atoms with Gasteiger partial charge in [0.2, 0.25) is 17.7 Å². The van der Waals surface area contributed by atoms with E-state index in [0.29, 0.717) is 32.6 Å². The summed E-state index contributed by atoms with van der Waals surface area (Å²) in [5.74, 6) is -1.74. The molecule has 43 heavy (non-hydrogen) atoms. The van der Waals surface area contributed by atoms with Crippen molar-refractivity contribution in [1.29, 1.82) is 0 Å². The minimum atomic E-state index is -1.20. The molecule has 6 rings (SSSR count). The Morgan fingerprint density at radius 1 is 0.860 bits per heavy atom. The summed E-state index contributed by atoms with van der Waals surface area (Å²) < 4.78 is 7.13. The van der Waals surface area contributed by atoms with E-state index in [1.165, 1.54) is 6.42 Å². The topological polar surface area (TPSA) is 90.4 Å². The quantitative estimate of drug-likeness (QED) is 0.326. The molecule has 4 heterocycles. The van der Waals surface area contributed by atoms with Crippen LogP contribution in [0.4, 0.5) is 0 Å². The molecule has 1 spiro atoms. The Labute approximate surface area is 255 Å². The Morgan fingerprint density at radius 2 is 1.60 bits per heavy atom. The van der Waals surface area contributed by atoms with Crippen LogP contribution < -0.4 is 0 Å². The molecular weight excluding hydrogens is 542 g/mol. The number of fused-ring (bicyclic) bond motifs is 2. The smallest absolute Gasteiger partial charge is 0.249 e. The first-order valence-electron chi connectivity index (χ1n) is 16.6. The number of benzene rings is 1. The van der Waals surface area contributed by atoms with Crippen LogP contribution in [0.3, 0.4) is 0 Å². The van der Waals surface area contributed by atoms with Crippen molar-refractivity contribution in [3.63, 3.8) is 0 Å². The Bertz CT molecular complexity index is 1240. The fraction of sp³-hybridized carbons (Fsp3) is 0.629. The second-order valence-electron chi connectivity index (χ2n) is 13.1. The maximum absolute atomic E-state index is 14.7. The molecule has 1 unspecified atom stereocenters. The fourth-order valence-electron chi connectivity index (χ4n) is 8.48. The zero-order chi connectivity index (χ0) is 30.0. The molecule has 1 N–H and O–H groups in total. The highest BCUT2D eigenvalue weighted by molar-refractivity contribution is 6.00. The summed E-state index contributed by atoms with van der Waals surface area (Å²) >= 11 is 0. The number of aliphatic hydroxyl groups is 1. The molecule has 8 nitrogen and oxygen atoms in total. The lowest BCUT2D eigenvalue weighted by molar-refractivity contribution is -0.155. The summed E-state index contributed by atoms with van der Waals surface area (Å²) in [7, 11) is 0. The number of ether oxygens (including phenoxy) is 1. The number of aliphatic hydroxyl groups excluding tert-OH is 1. The van der Waals surface area contributed by atoms with Gasteiger partial charge in [-0.3, -0.25) is 14.4 Å². The summed E-state index contributed by atoms with van der Waals surface area (Å²) in [4.78, 5) is 49.5. The molecule has 5 atom stereocenters. The van der Waals surface area contributed by atoms with Gasteiger partial charge in [0.05, 0.1) is 17.4 Å². The van der Waals surface area contributed by atoms with Gasteiger partial charge in [-0.1, -0.05) is 93.7 Å². The van der Waals surface area contributed by atoms with Crippen molar-refractivity contribution in [2.45, 2.75) is 101 Å². The summed E-state index contributed by atoms with van der Waals surface area (Å²) in [5, 5.41) is 9.24. The molecule has 0 aromatic heterocycles. The lowest BCUT2D eigenvalue weighted by Gasteiger charge is -2.40. The number of hydrogen-bond acceptors (Lipinski definition) is 5. The molecule has 0 bridgehead atoms. The first-order chi connectivity index (χ1) is 21.0. The van der Waals surface area contributed by atoms with Crippen molar-refractivity contribution in [3.8, 4) is 0 Å². The van der Waals surface area contributed by atoms with Gasteiger partial charge in [-0.05, 0) is 37.7 Å². The van der Waals surface area contributed by atoms with Crippen LogP contribution in [0.5, 0.6) is 0 Å². The molecule has 2 saturated heterocycles. The van der Waals surface area contributed by atoms with Gasteiger partial charge < -0.3 is 24.5 Å². The first-order valence-corrected chi connectivity index (χ1v) is 16.6. The predicted octanol–water partition coefficient (Wildman–Crippen LogP) is 4.23. The Morgan fingerprint density at radius 3 is 2.35 bits per heavy atom. The van der Waals surface area contributed by atoms with Crippen molar-refractivity contribution in [1.82, 2.24) is 14.7 Å². The van der Waals surface area contributed by atoms with E-state index in [1.54, 1.807) is 4.90 Å². The molecule has 232 valence electrons. The normalized spacial score (nSPS) is 32.6. The first kappa shape index (κ1) is 30.1. The number of amides is 3. The predicted molar refractivity (Wildman–Crippen MR) is 164 cm³/mol. The van der Waals surface area contributed by atoms with Crippen LogP contribution in [0.15, 0.2) is 54.6 Å². The van der Waals surface area contributed by atoms with E-state index in [-0.39, 0.29) is 30.4 Å². The van der Waals surface area contributed by atoms with E-state index < -0.39 is 29.1 Å². The van der Waals surface area contributed by atoms with Crippen LogP contribution in [0.25, 0.3) is 0 Å². The van der Waals surface area contributed by atoms with Crippen molar-refractivity contribution in [3.05, 3.63) is 60.2 Å². The zero-order valence-corrected chi connectivity index (χ0v) is 25.5. The molecule has 5 aliphatic rings. The largest absolute Gasteiger partial charge is 0.396 e. The van der Waals surface area contributed by atoms with Gasteiger partial charge in [0.1, 0.15) is 11.6 Å². The number of unbranched alkanes of at least 4 members (excludes halogenated alkanes) is 3. The maximum atomic E-state index is 14.7. The third kappa shape index (κ3) is 5.24. The van der Waals surface area contributed by atoms with Gasteiger partial charge in [-0.15, -0.1) is 0 Å². The number of rotatable bonds is 10. The Balaban J connectivity index is 1.38. The van der Waals surface area contributed by atoms with Gasteiger partial charge in [-0.2, -0.15) is 0 Å². The second-order valence-corrected chi connectivity index (χ2v) is 13.1. The van der Waals surface area contributed by atoms with Crippen LogP contribution in [-0.2, 0) is 25.7 Å². The number of nitrogens with zero attached hydrogens (tertiary/aromatic N) is 3. The standard InChI is InChI=1S/C35H47N3O5/c1-2-34-19-13-21-36(25-26-15-7-5-8-16-26)31(40)28(34)29-32(41)38(22-11-3-4-12-24-39)30-33(42)37(27-17-9-6-10-18-27)23-14-20-35(29,30)43-34/h5,7-8,13-16,19-20,27-30,39H,2-4,6,9-12,17-18,21-25H2,1H3/t28-,29+,30?,34+,35+/m1/s1. The zero-order valence-electron chi connectivity index (χ0n) is 25.5. The maximum Gasteiger partial charge on any atom is 0.249 e. The van der Waals surface area contributed by atoms with Gasteiger partial charge >= 0.3 is 0 Å². The number of likely N-dealkylation sites (tertiary alicyclic amines) is 1. The fourth-order valence-corrected chi connectivity index (χ4v) is 8.48. The molecule has 1 aromatic rings. The molecule has 4 aliphatic heterocycles. The Hall–Kier alpha value is -2.97. The molecule has 1 aliphatic carbocycles. The highest BCUT2D eigenvalue weighted by Crippen LogP contribution is 2.58. The summed E-state index contributed by atoms with van der Waals surface area (Å²) in [6.45, 7) is 4.02. The van der Waals surface area contributed by atoms with Crippen LogP contribution in [-0.4, -0.2) is 87.1 Å². The van der Waals surface area contributed by atoms with Crippen LogP contribution in [0, 0.1) is 11.8 Å². The Kier molecular flexibility index (Phi) is 8.79. The SMILES string of the molecule is CC[C@]12C=CCN(Cc3ccccc3)C(=O)[C@H]1[C@H]1C(=O)N(CCCCCCO)C3C(=O)N(C4CCCCC4)CC=C[C@@]31O2. The van der Waals surface area contributed by atoms with E-state index in [0.717, 1.165) is 56.9 Å². The van der Waals surface area contributed by atoms with Gasteiger partial charge in [0.15, 0.2) is 0 Å². The average molecular weight is 590 g/mol. The monoisotopic (exact) mass is 589 g/mol. The van der Waals surface area contributed by atoms with E-state index in [9.17, 15) is 19.5 Å². The average Bonchev–Trinajstić information content (AvgIpc) is 3.32. The number of carbonyl (C=O) groups excluding carboxylic acids is 3. The summed E-state index contributed by atoms with van der Waals surface area (Å²) in [6.07, 6.45) is 17.2. The van der Waals surface area contributed by atoms with Gasteiger partial charge in [0.25, 0.3) is 0 Å². The number of hydrogen-bond donors (Lipinski definition) is 1. The molecule has 3 amide bonds. The van der Waals surface area contributed by atoms with Crippen molar-refractivity contribution in [2.24, 2.45) is 11.8 Å².